The van der Waals surface area contributed by atoms with E-state index in [1.807, 2.05) is 6.07 Å². The quantitative estimate of drug-likeness (QED) is 0.216. The summed E-state index contributed by atoms with van der Waals surface area (Å²) in [7, 11) is 1.39. The summed E-state index contributed by atoms with van der Waals surface area (Å²) in [5.74, 6) is -9.58. The van der Waals surface area contributed by atoms with E-state index in [2.05, 4.69) is 10.6 Å². The van der Waals surface area contributed by atoms with Gasteiger partial charge in [0.15, 0.2) is 0 Å². The number of carbonyl (C=O) groups excluding carboxylic acids is 3. The minimum absolute atomic E-state index is 0.0229. The highest BCUT2D eigenvalue weighted by molar-refractivity contribution is 5.91. The maximum Gasteiger partial charge on any atom is 0.405 e. The van der Waals surface area contributed by atoms with Gasteiger partial charge in [-0.3, -0.25) is 14.4 Å². The first-order chi connectivity index (χ1) is 20.0. The van der Waals surface area contributed by atoms with E-state index in [0.717, 1.165) is 5.32 Å². The second kappa shape index (κ2) is 14.7. The fraction of sp³-hybridized carbons (Fsp3) is 0.429. The lowest BCUT2D eigenvalue weighted by Gasteiger charge is -2.33. The number of carbonyl (C=O) groups is 3. The SMILES string of the molecule is COc1ccc([C@H](NC(=O)[C@@H](N)Cc2cccc(C#N)c2)C(=O)N[C@@H](C(C)C)[C@@H](O)C(F)(F)C(=O)NCC(F)(F)F)cc1. The summed E-state index contributed by atoms with van der Waals surface area (Å²) in [4.78, 5) is 38.3. The molecule has 0 fully saturated rings. The van der Waals surface area contributed by atoms with Gasteiger partial charge in [-0.1, -0.05) is 38.1 Å². The van der Waals surface area contributed by atoms with Crippen LogP contribution < -0.4 is 26.4 Å². The molecule has 0 saturated carbocycles. The number of rotatable bonds is 13. The van der Waals surface area contributed by atoms with Gasteiger partial charge >= 0.3 is 12.1 Å². The Hall–Kier alpha value is -4.29. The van der Waals surface area contributed by atoms with E-state index in [0.29, 0.717) is 16.9 Å². The van der Waals surface area contributed by atoms with Crippen LogP contribution in [0.5, 0.6) is 5.75 Å². The van der Waals surface area contributed by atoms with E-state index in [9.17, 15) is 41.4 Å². The van der Waals surface area contributed by atoms with Crippen LogP contribution in [0.1, 0.15) is 36.6 Å². The van der Waals surface area contributed by atoms with Gasteiger partial charge in [-0.25, -0.2) is 0 Å². The Morgan fingerprint density at radius 1 is 1.02 bits per heavy atom. The van der Waals surface area contributed by atoms with Gasteiger partial charge in [0.1, 0.15) is 24.4 Å². The van der Waals surface area contributed by atoms with Gasteiger partial charge in [-0.05, 0) is 47.7 Å². The van der Waals surface area contributed by atoms with Crippen molar-refractivity contribution >= 4 is 17.7 Å². The first-order valence-electron chi connectivity index (χ1n) is 12.9. The van der Waals surface area contributed by atoms with E-state index < -0.39 is 66.5 Å². The largest absolute Gasteiger partial charge is 0.497 e. The highest BCUT2D eigenvalue weighted by Crippen LogP contribution is 2.27. The molecule has 2 aromatic rings. The Morgan fingerprint density at radius 2 is 1.65 bits per heavy atom. The number of aliphatic hydroxyl groups is 1. The van der Waals surface area contributed by atoms with Crippen LogP contribution in [-0.2, 0) is 20.8 Å². The van der Waals surface area contributed by atoms with E-state index >= 15 is 0 Å². The highest BCUT2D eigenvalue weighted by Gasteiger charge is 2.52. The zero-order chi connectivity index (χ0) is 32.5. The van der Waals surface area contributed by atoms with Crippen LogP contribution >= 0.6 is 0 Å². The summed E-state index contributed by atoms with van der Waals surface area (Å²) in [6.45, 7) is 0.591. The lowest BCUT2D eigenvalue weighted by Crippen LogP contribution is -2.60. The molecule has 15 heteroatoms. The van der Waals surface area contributed by atoms with E-state index in [1.54, 1.807) is 18.2 Å². The van der Waals surface area contributed by atoms with Crippen LogP contribution in [0.15, 0.2) is 48.5 Å². The number of nitriles is 1. The number of nitrogens with zero attached hydrogens (tertiary/aromatic N) is 1. The third-order valence-electron chi connectivity index (χ3n) is 6.34. The Balaban J connectivity index is 2.31. The second-order valence-corrected chi connectivity index (χ2v) is 9.98. The van der Waals surface area contributed by atoms with E-state index in [4.69, 9.17) is 15.7 Å². The van der Waals surface area contributed by atoms with Crippen molar-refractivity contribution in [2.45, 2.75) is 56.6 Å². The predicted octanol–water partition coefficient (Wildman–Crippen LogP) is 2.11. The second-order valence-electron chi connectivity index (χ2n) is 9.98. The van der Waals surface area contributed by atoms with Crippen molar-refractivity contribution in [3.8, 4) is 11.8 Å². The van der Waals surface area contributed by atoms with Crippen molar-refractivity contribution in [2.24, 2.45) is 11.7 Å². The van der Waals surface area contributed by atoms with Gasteiger partial charge in [0.2, 0.25) is 11.8 Å². The fourth-order valence-electron chi connectivity index (χ4n) is 3.98. The monoisotopic (exact) mass is 613 g/mol. The minimum Gasteiger partial charge on any atom is -0.497 e. The number of ether oxygens (including phenoxy) is 1. The van der Waals surface area contributed by atoms with Crippen LogP contribution in [0.25, 0.3) is 0 Å². The standard InChI is InChI=1S/C28H32F5N5O5/c1-15(2)21(23(39)28(32,33)26(42)36-14-27(29,30)31)37-25(41)22(18-7-9-19(43-3)10-8-18)38-24(40)20(35)12-16-5-4-6-17(11-16)13-34/h4-11,15,20-23,39H,12,14,35H2,1-3H3,(H,36,42)(H,37,41)(H,38,40)/t20-,21-,22-,23+/m0/s1. The molecule has 3 amide bonds. The number of hydrogen-bond acceptors (Lipinski definition) is 7. The summed E-state index contributed by atoms with van der Waals surface area (Å²) in [6.07, 6.45) is -7.94. The maximum absolute atomic E-state index is 14.7. The summed E-state index contributed by atoms with van der Waals surface area (Å²) in [5, 5.41) is 25.2. The molecule has 43 heavy (non-hydrogen) atoms. The Bertz CT molecular complexity index is 1310. The van der Waals surface area contributed by atoms with Gasteiger partial charge in [0.05, 0.1) is 30.8 Å². The smallest absolute Gasteiger partial charge is 0.405 e. The molecule has 2 rings (SSSR count). The first kappa shape index (κ1) is 34.9. The number of halogens is 5. The Morgan fingerprint density at radius 3 is 2.19 bits per heavy atom. The van der Waals surface area contributed by atoms with Crippen molar-refractivity contribution in [3.05, 3.63) is 65.2 Å². The number of alkyl halides is 5. The van der Waals surface area contributed by atoms with Crippen molar-refractivity contribution in [1.29, 1.82) is 5.26 Å². The molecular weight excluding hydrogens is 581 g/mol. The van der Waals surface area contributed by atoms with Crippen molar-refractivity contribution in [1.82, 2.24) is 16.0 Å². The van der Waals surface area contributed by atoms with Crippen LogP contribution in [0.4, 0.5) is 22.0 Å². The molecule has 0 unspecified atom stereocenters. The van der Waals surface area contributed by atoms with Gasteiger partial charge in [-0.2, -0.15) is 27.2 Å². The van der Waals surface area contributed by atoms with Crippen LogP contribution in [0.3, 0.4) is 0 Å². The van der Waals surface area contributed by atoms with Crippen molar-refractivity contribution in [2.75, 3.05) is 13.7 Å². The molecule has 0 spiro atoms. The molecule has 6 N–H and O–H groups in total. The molecule has 4 atom stereocenters. The number of aliphatic hydroxyl groups excluding tert-OH is 1. The number of methoxy groups -OCH3 is 1. The molecule has 0 radical (unpaired) electrons. The molecule has 0 aliphatic carbocycles. The summed E-state index contributed by atoms with van der Waals surface area (Å²) in [6, 6.07) is 9.42. The highest BCUT2D eigenvalue weighted by atomic mass is 19.4. The number of nitrogens with one attached hydrogen (secondary N) is 3. The molecule has 0 aliphatic heterocycles. The fourth-order valence-corrected chi connectivity index (χ4v) is 3.98. The normalized spacial score (nSPS) is 14.6. The summed E-state index contributed by atoms with van der Waals surface area (Å²) < 4.78 is 71.9. The average Bonchev–Trinajstić information content (AvgIpc) is 2.96. The van der Waals surface area contributed by atoms with Crippen molar-refractivity contribution < 1.29 is 46.2 Å². The number of benzene rings is 2. The first-order valence-corrected chi connectivity index (χ1v) is 12.9. The van der Waals surface area contributed by atoms with Gasteiger partial charge in [0, 0.05) is 0 Å². The van der Waals surface area contributed by atoms with Crippen molar-refractivity contribution in [3.63, 3.8) is 0 Å². The van der Waals surface area contributed by atoms with Gasteiger partial charge < -0.3 is 31.5 Å². The number of nitrogens with two attached hydrogens (primary N) is 1. The zero-order valence-electron chi connectivity index (χ0n) is 23.4. The minimum atomic E-state index is -4.98. The van der Waals surface area contributed by atoms with Crippen LogP contribution in [0, 0.1) is 17.2 Å². The van der Waals surface area contributed by atoms with Gasteiger partial charge in [0.25, 0.3) is 5.91 Å². The van der Waals surface area contributed by atoms with E-state index in [-0.39, 0.29) is 12.0 Å². The molecule has 0 aromatic heterocycles. The molecule has 0 heterocycles. The molecule has 10 nitrogen and oxygen atoms in total. The topological polar surface area (TPSA) is 167 Å². The molecule has 0 bridgehead atoms. The lowest BCUT2D eigenvalue weighted by molar-refractivity contribution is -0.175. The van der Waals surface area contributed by atoms with Crippen LogP contribution in [0.2, 0.25) is 0 Å². The van der Waals surface area contributed by atoms with Gasteiger partial charge in [-0.15, -0.1) is 0 Å². The van der Waals surface area contributed by atoms with E-state index in [1.165, 1.54) is 51.3 Å². The summed E-state index contributed by atoms with van der Waals surface area (Å²) in [5.41, 5.74) is 7.11. The van der Waals surface area contributed by atoms with Crippen LogP contribution in [-0.4, -0.2) is 66.8 Å². The lowest BCUT2D eigenvalue weighted by atomic mass is 9.92. The molecular formula is C28H32F5N5O5. The number of amides is 3. The molecule has 0 saturated heterocycles. The Labute approximate surface area is 244 Å². The summed E-state index contributed by atoms with van der Waals surface area (Å²) >= 11 is 0. The Kier molecular flexibility index (Phi) is 12.0. The predicted molar refractivity (Wildman–Crippen MR) is 144 cm³/mol. The molecule has 234 valence electrons. The molecule has 0 aliphatic rings. The zero-order valence-corrected chi connectivity index (χ0v) is 23.4. The third-order valence-corrected chi connectivity index (χ3v) is 6.34. The third kappa shape index (κ3) is 9.90. The maximum atomic E-state index is 14.7. The average molecular weight is 614 g/mol. The molecule has 2 aromatic carbocycles. The number of hydrogen-bond donors (Lipinski definition) is 5.